The van der Waals surface area contributed by atoms with Crippen LogP contribution in [0.1, 0.15) is 27.9 Å². The first-order valence-electron chi connectivity index (χ1n) is 8.21. The van der Waals surface area contributed by atoms with E-state index >= 15 is 0 Å². The number of nitrogens with zero attached hydrogens (tertiary/aromatic N) is 1. The number of carbonyl (C=O) groups is 2. The molecule has 0 aliphatic carbocycles. The van der Waals surface area contributed by atoms with E-state index in [1.54, 1.807) is 18.3 Å². The predicted molar refractivity (Wildman–Crippen MR) is 95.6 cm³/mol. The SMILES string of the molecule is Cc1ccc(OCC(=O)NCCCNC(=O)c2cccnc2)c(C)c1. The lowest BCUT2D eigenvalue weighted by Gasteiger charge is -2.10. The van der Waals surface area contributed by atoms with Gasteiger partial charge in [-0.25, -0.2) is 0 Å². The Bertz CT molecular complexity index is 717. The zero-order valence-corrected chi connectivity index (χ0v) is 14.5. The number of ether oxygens (including phenoxy) is 1. The number of aryl methyl sites for hydroxylation is 2. The minimum atomic E-state index is -0.182. The van der Waals surface area contributed by atoms with E-state index in [9.17, 15) is 9.59 Å². The van der Waals surface area contributed by atoms with Crippen LogP contribution in [0.15, 0.2) is 42.7 Å². The molecule has 0 spiro atoms. The second-order valence-electron chi connectivity index (χ2n) is 5.76. The van der Waals surface area contributed by atoms with E-state index in [2.05, 4.69) is 15.6 Å². The van der Waals surface area contributed by atoms with E-state index in [1.807, 2.05) is 32.0 Å². The van der Waals surface area contributed by atoms with Crippen LogP contribution < -0.4 is 15.4 Å². The van der Waals surface area contributed by atoms with Gasteiger partial charge in [-0.3, -0.25) is 14.6 Å². The van der Waals surface area contributed by atoms with Crippen molar-refractivity contribution in [1.82, 2.24) is 15.6 Å². The highest BCUT2D eigenvalue weighted by atomic mass is 16.5. The zero-order chi connectivity index (χ0) is 18.1. The first-order chi connectivity index (χ1) is 12.1. The molecular formula is C19H23N3O3. The van der Waals surface area contributed by atoms with Gasteiger partial charge in [0.15, 0.2) is 6.61 Å². The Morgan fingerprint density at radius 2 is 1.92 bits per heavy atom. The topological polar surface area (TPSA) is 80.3 Å². The van der Waals surface area contributed by atoms with Crippen molar-refractivity contribution in [3.8, 4) is 5.75 Å². The Kier molecular flexibility index (Phi) is 6.95. The molecule has 6 nitrogen and oxygen atoms in total. The molecule has 0 saturated carbocycles. The molecule has 1 aromatic carbocycles. The molecule has 132 valence electrons. The molecular weight excluding hydrogens is 318 g/mol. The number of carbonyl (C=O) groups excluding carboxylic acids is 2. The standard InChI is InChI=1S/C19H23N3O3/c1-14-6-7-17(15(2)11-14)25-13-18(23)21-9-4-10-22-19(24)16-5-3-8-20-12-16/h3,5-8,11-12H,4,9-10,13H2,1-2H3,(H,21,23)(H,22,24). The smallest absolute Gasteiger partial charge is 0.257 e. The predicted octanol–water partition coefficient (Wildman–Crippen LogP) is 2.01. The minimum absolute atomic E-state index is 0.0219. The Morgan fingerprint density at radius 3 is 2.64 bits per heavy atom. The van der Waals surface area contributed by atoms with Gasteiger partial charge in [-0.1, -0.05) is 17.7 Å². The largest absolute Gasteiger partial charge is 0.484 e. The fraction of sp³-hybridized carbons (Fsp3) is 0.316. The molecule has 0 atom stereocenters. The maximum Gasteiger partial charge on any atom is 0.257 e. The van der Waals surface area contributed by atoms with Crippen LogP contribution in [0.4, 0.5) is 0 Å². The summed E-state index contributed by atoms with van der Waals surface area (Å²) in [6, 6.07) is 9.24. The summed E-state index contributed by atoms with van der Waals surface area (Å²) in [5.41, 5.74) is 2.68. The fourth-order valence-electron chi connectivity index (χ4n) is 2.27. The van der Waals surface area contributed by atoms with E-state index in [1.165, 1.54) is 6.20 Å². The van der Waals surface area contributed by atoms with E-state index in [-0.39, 0.29) is 18.4 Å². The zero-order valence-electron chi connectivity index (χ0n) is 14.5. The number of nitrogens with one attached hydrogen (secondary N) is 2. The number of hydrogen-bond donors (Lipinski definition) is 2. The highest BCUT2D eigenvalue weighted by Gasteiger charge is 2.06. The number of benzene rings is 1. The monoisotopic (exact) mass is 341 g/mol. The van der Waals surface area contributed by atoms with Gasteiger partial charge in [0.2, 0.25) is 0 Å². The Morgan fingerprint density at radius 1 is 1.12 bits per heavy atom. The van der Waals surface area contributed by atoms with Crippen LogP contribution in [0.5, 0.6) is 5.75 Å². The lowest BCUT2D eigenvalue weighted by atomic mass is 10.1. The van der Waals surface area contributed by atoms with Gasteiger partial charge in [-0.15, -0.1) is 0 Å². The molecule has 6 heteroatoms. The maximum atomic E-state index is 11.8. The summed E-state index contributed by atoms with van der Waals surface area (Å²) in [5, 5.41) is 5.55. The Hall–Kier alpha value is -2.89. The van der Waals surface area contributed by atoms with Gasteiger partial charge in [0.1, 0.15) is 5.75 Å². The lowest BCUT2D eigenvalue weighted by molar-refractivity contribution is -0.123. The van der Waals surface area contributed by atoms with Crippen LogP contribution in [-0.4, -0.2) is 36.5 Å². The number of pyridine rings is 1. The van der Waals surface area contributed by atoms with Crippen LogP contribution in [0.3, 0.4) is 0 Å². The van der Waals surface area contributed by atoms with Crippen molar-refractivity contribution in [2.24, 2.45) is 0 Å². The summed E-state index contributed by atoms with van der Waals surface area (Å²) in [7, 11) is 0. The van der Waals surface area contributed by atoms with E-state index in [0.717, 1.165) is 11.1 Å². The van der Waals surface area contributed by atoms with Crippen LogP contribution in [0.25, 0.3) is 0 Å². The van der Waals surface area contributed by atoms with Gasteiger partial charge in [0.25, 0.3) is 11.8 Å². The first kappa shape index (κ1) is 18.4. The van der Waals surface area contributed by atoms with Crippen molar-refractivity contribution in [3.63, 3.8) is 0 Å². The molecule has 25 heavy (non-hydrogen) atoms. The number of aromatic nitrogens is 1. The number of amides is 2. The summed E-state index contributed by atoms with van der Waals surface area (Å²) < 4.78 is 5.52. The normalized spacial score (nSPS) is 10.2. The molecule has 2 N–H and O–H groups in total. The van der Waals surface area contributed by atoms with Gasteiger partial charge < -0.3 is 15.4 Å². The van der Waals surface area contributed by atoms with E-state index in [4.69, 9.17) is 4.74 Å². The molecule has 2 rings (SSSR count). The first-order valence-corrected chi connectivity index (χ1v) is 8.21. The summed E-state index contributed by atoms with van der Waals surface area (Å²) in [6.45, 7) is 4.89. The van der Waals surface area contributed by atoms with E-state index in [0.29, 0.717) is 30.8 Å². The second kappa shape index (κ2) is 9.42. The molecule has 0 aliphatic heterocycles. The number of hydrogen-bond acceptors (Lipinski definition) is 4. The van der Waals surface area contributed by atoms with Crippen molar-refractivity contribution < 1.29 is 14.3 Å². The third-order valence-corrected chi connectivity index (χ3v) is 3.57. The van der Waals surface area contributed by atoms with Crippen LogP contribution in [-0.2, 0) is 4.79 Å². The molecule has 0 bridgehead atoms. The van der Waals surface area contributed by atoms with Crippen LogP contribution in [0, 0.1) is 13.8 Å². The third-order valence-electron chi connectivity index (χ3n) is 3.57. The van der Waals surface area contributed by atoms with Crippen molar-refractivity contribution in [3.05, 3.63) is 59.4 Å². The van der Waals surface area contributed by atoms with Gasteiger partial charge in [0.05, 0.1) is 5.56 Å². The van der Waals surface area contributed by atoms with Crippen molar-refractivity contribution in [2.75, 3.05) is 19.7 Å². The van der Waals surface area contributed by atoms with Crippen LogP contribution >= 0.6 is 0 Å². The van der Waals surface area contributed by atoms with Gasteiger partial charge in [-0.2, -0.15) is 0 Å². The summed E-state index contributed by atoms with van der Waals surface area (Å²) in [5.74, 6) is 0.362. The molecule has 0 aliphatic rings. The Labute approximate surface area is 147 Å². The summed E-state index contributed by atoms with van der Waals surface area (Å²) in [6.07, 6.45) is 3.77. The second-order valence-corrected chi connectivity index (χ2v) is 5.76. The molecule has 0 radical (unpaired) electrons. The Balaban J connectivity index is 1.60. The summed E-state index contributed by atoms with van der Waals surface area (Å²) >= 11 is 0. The highest BCUT2D eigenvalue weighted by Crippen LogP contribution is 2.18. The quantitative estimate of drug-likeness (QED) is 0.720. The highest BCUT2D eigenvalue weighted by molar-refractivity contribution is 5.93. The van der Waals surface area contributed by atoms with Crippen molar-refractivity contribution in [2.45, 2.75) is 20.3 Å². The van der Waals surface area contributed by atoms with Gasteiger partial charge in [0, 0.05) is 25.5 Å². The van der Waals surface area contributed by atoms with Crippen molar-refractivity contribution >= 4 is 11.8 Å². The third kappa shape index (κ3) is 6.25. The van der Waals surface area contributed by atoms with E-state index < -0.39 is 0 Å². The van der Waals surface area contributed by atoms with Gasteiger partial charge >= 0.3 is 0 Å². The summed E-state index contributed by atoms with van der Waals surface area (Å²) in [4.78, 5) is 27.5. The molecule has 1 heterocycles. The molecule has 0 saturated heterocycles. The molecule has 2 aromatic rings. The fourth-order valence-corrected chi connectivity index (χ4v) is 2.27. The average Bonchev–Trinajstić information content (AvgIpc) is 2.61. The number of rotatable bonds is 8. The minimum Gasteiger partial charge on any atom is -0.484 e. The average molecular weight is 341 g/mol. The molecule has 0 unspecified atom stereocenters. The van der Waals surface area contributed by atoms with Gasteiger partial charge in [-0.05, 0) is 44.0 Å². The van der Waals surface area contributed by atoms with Crippen LogP contribution in [0.2, 0.25) is 0 Å². The van der Waals surface area contributed by atoms with Crippen molar-refractivity contribution in [1.29, 1.82) is 0 Å². The lowest BCUT2D eigenvalue weighted by Crippen LogP contribution is -2.32. The molecule has 2 amide bonds. The maximum absolute atomic E-state index is 11.8. The molecule has 0 fully saturated rings. The molecule has 1 aromatic heterocycles.